The molecule has 25 heavy (non-hydrogen) atoms. The SMILES string of the molecule is Cn1c(=O)c2c(nc(Cl)n2CCOc2cccc(C#N)c2)n(C)c1=O. The second-order valence-corrected chi connectivity index (χ2v) is 5.74. The van der Waals surface area contributed by atoms with Crippen LogP contribution in [0.15, 0.2) is 33.9 Å². The molecule has 2 aromatic heterocycles. The van der Waals surface area contributed by atoms with Gasteiger partial charge in [-0.1, -0.05) is 6.07 Å². The average Bonchev–Trinajstić information content (AvgIpc) is 2.95. The predicted octanol–water partition coefficient (Wildman–Crippen LogP) is 1.04. The monoisotopic (exact) mass is 359 g/mol. The third kappa shape index (κ3) is 2.90. The van der Waals surface area contributed by atoms with Crippen LogP contribution in [0.3, 0.4) is 0 Å². The largest absolute Gasteiger partial charge is 0.492 e. The molecule has 0 fully saturated rings. The number of nitrogens with zero attached hydrogens (tertiary/aromatic N) is 5. The number of hydrogen-bond acceptors (Lipinski definition) is 5. The maximum Gasteiger partial charge on any atom is 0.332 e. The van der Waals surface area contributed by atoms with Crippen molar-refractivity contribution in [2.75, 3.05) is 6.61 Å². The molecular weight excluding hydrogens is 346 g/mol. The molecule has 1 aromatic carbocycles. The molecule has 128 valence electrons. The van der Waals surface area contributed by atoms with E-state index in [0.717, 1.165) is 4.57 Å². The van der Waals surface area contributed by atoms with Gasteiger partial charge in [0.1, 0.15) is 12.4 Å². The quantitative estimate of drug-likeness (QED) is 0.648. The van der Waals surface area contributed by atoms with E-state index in [1.54, 1.807) is 24.3 Å². The zero-order valence-corrected chi connectivity index (χ0v) is 14.3. The van der Waals surface area contributed by atoms with E-state index in [1.807, 2.05) is 6.07 Å². The Labute approximate surface area is 147 Å². The lowest BCUT2D eigenvalue weighted by Crippen LogP contribution is -2.37. The van der Waals surface area contributed by atoms with Crippen molar-refractivity contribution in [3.8, 4) is 11.8 Å². The molecule has 0 bridgehead atoms. The van der Waals surface area contributed by atoms with E-state index < -0.39 is 11.2 Å². The topological polar surface area (TPSA) is 94.8 Å². The van der Waals surface area contributed by atoms with Gasteiger partial charge in [-0.25, -0.2) is 4.79 Å². The van der Waals surface area contributed by atoms with Gasteiger partial charge in [-0.3, -0.25) is 13.9 Å². The van der Waals surface area contributed by atoms with Crippen LogP contribution in [0, 0.1) is 11.3 Å². The maximum atomic E-state index is 12.4. The number of imidazole rings is 1. The molecule has 0 saturated heterocycles. The van der Waals surface area contributed by atoms with Crippen LogP contribution in [-0.2, 0) is 20.6 Å². The van der Waals surface area contributed by atoms with Crippen LogP contribution in [0.1, 0.15) is 5.56 Å². The van der Waals surface area contributed by atoms with Gasteiger partial charge >= 0.3 is 5.69 Å². The summed E-state index contributed by atoms with van der Waals surface area (Å²) in [6.07, 6.45) is 0. The molecule has 9 heteroatoms. The first kappa shape index (κ1) is 16.8. The van der Waals surface area contributed by atoms with Gasteiger partial charge in [0.15, 0.2) is 11.2 Å². The Morgan fingerprint density at radius 1 is 1.28 bits per heavy atom. The molecule has 0 atom stereocenters. The predicted molar refractivity (Wildman–Crippen MR) is 91.9 cm³/mol. The van der Waals surface area contributed by atoms with Crippen LogP contribution in [0.2, 0.25) is 5.28 Å². The molecule has 0 spiro atoms. The second kappa shape index (κ2) is 6.45. The lowest BCUT2D eigenvalue weighted by Gasteiger charge is -2.09. The van der Waals surface area contributed by atoms with Gasteiger partial charge in [0.05, 0.1) is 18.2 Å². The summed E-state index contributed by atoms with van der Waals surface area (Å²) in [5.74, 6) is 0.542. The number of ether oxygens (including phenoxy) is 1. The highest BCUT2D eigenvalue weighted by Crippen LogP contribution is 2.16. The highest BCUT2D eigenvalue weighted by molar-refractivity contribution is 6.29. The van der Waals surface area contributed by atoms with Crippen molar-refractivity contribution in [3.05, 3.63) is 56.0 Å². The Bertz CT molecular complexity index is 1120. The smallest absolute Gasteiger partial charge is 0.332 e. The van der Waals surface area contributed by atoms with Gasteiger partial charge in [0.2, 0.25) is 5.28 Å². The minimum absolute atomic E-state index is 0.0997. The zero-order valence-electron chi connectivity index (χ0n) is 13.6. The van der Waals surface area contributed by atoms with Crippen LogP contribution in [0.25, 0.3) is 11.2 Å². The molecule has 0 radical (unpaired) electrons. The van der Waals surface area contributed by atoms with Crippen molar-refractivity contribution < 1.29 is 4.74 Å². The van der Waals surface area contributed by atoms with Crippen LogP contribution in [0.5, 0.6) is 5.75 Å². The van der Waals surface area contributed by atoms with Crippen LogP contribution < -0.4 is 16.0 Å². The third-order valence-electron chi connectivity index (χ3n) is 3.85. The fourth-order valence-corrected chi connectivity index (χ4v) is 2.78. The van der Waals surface area contributed by atoms with Crippen molar-refractivity contribution in [3.63, 3.8) is 0 Å². The summed E-state index contributed by atoms with van der Waals surface area (Å²) in [4.78, 5) is 28.5. The lowest BCUT2D eigenvalue weighted by atomic mass is 10.2. The van der Waals surface area contributed by atoms with Gasteiger partial charge in [-0.15, -0.1) is 0 Å². The van der Waals surface area contributed by atoms with Crippen molar-refractivity contribution >= 4 is 22.8 Å². The van der Waals surface area contributed by atoms with Gasteiger partial charge in [-0.05, 0) is 29.8 Å². The van der Waals surface area contributed by atoms with Gasteiger partial charge in [0.25, 0.3) is 5.56 Å². The average molecular weight is 360 g/mol. The fourth-order valence-electron chi connectivity index (χ4n) is 2.53. The maximum absolute atomic E-state index is 12.4. The number of aryl methyl sites for hydroxylation is 1. The van der Waals surface area contributed by atoms with E-state index in [1.165, 1.54) is 23.2 Å². The highest BCUT2D eigenvalue weighted by atomic mass is 35.5. The van der Waals surface area contributed by atoms with Crippen LogP contribution in [-0.4, -0.2) is 25.3 Å². The van der Waals surface area contributed by atoms with Crippen LogP contribution >= 0.6 is 11.6 Å². The molecule has 0 N–H and O–H groups in total. The summed E-state index contributed by atoms with van der Waals surface area (Å²) in [7, 11) is 2.93. The molecule has 3 rings (SSSR count). The number of halogens is 1. The normalized spacial score (nSPS) is 10.8. The minimum Gasteiger partial charge on any atom is -0.492 e. The first-order valence-corrected chi connectivity index (χ1v) is 7.76. The fraction of sp³-hybridized carbons (Fsp3) is 0.250. The van der Waals surface area contributed by atoms with Gasteiger partial charge < -0.3 is 9.30 Å². The van der Waals surface area contributed by atoms with E-state index in [2.05, 4.69) is 4.98 Å². The van der Waals surface area contributed by atoms with E-state index in [-0.39, 0.29) is 29.6 Å². The lowest BCUT2D eigenvalue weighted by molar-refractivity contribution is 0.300. The van der Waals surface area contributed by atoms with Crippen molar-refractivity contribution in [2.45, 2.75) is 6.54 Å². The molecule has 0 aliphatic rings. The van der Waals surface area contributed by atoms with Crippen molar-refractivity contribution in [1.82, 2.24) is 18.7 Å². The highest BCUT2D eigenvalue weighted by Gasteiger charge is 2.17. The van der Waals surface area contributed by atoms with Gasteiger partial charge in [0, 0.05) is 14.1 Å². The second-order valence-electron chi connectivity index (χ2n) is 5.40. The van der Waals surface area contributed by atoms with Crippen LogP contribution in [0.4, 0.5) is 0 Å². The van der Waals surface area contributed by atoms with E-state index in [4.69, 9.17) is 21.6 Å². The molecule has 0 unspecified atom stereocenters. The first-order chi connectivity index (χ1) is 11.9. The number of nitriles is 1. The summed E-state index contributed by atoms with van der Waals surface area (Å²) in [5, 5.41) is 9.00. The molecule has 0 amide bonds. The summed E-state index contributed by atoms with van der Waals surface area (Å²) in [6.45, 7) is 0.478. The summed E-state index contributed by atoms with van der Waals surface area (Å²) in [6, 6.07) is 8.79. The Balaban J connectivity index is 1.92. The summed E-state index contributed by atoms with van der Waals surface area (Å²) in [5.41, 5.74) is 0.0217. The number of aromatic nitrogens is 4. The Morgan fingerprint density at radius 3 is 2.76 bits per heavy atom. The van der Waals surface area contributed by atoms with E-state index in [9.17, 15) is 9.59 Å². The molecule has 8 nitrogen and oxygen atoms in total. The molecule has 2 heterocycles. The number of rotatable bonds is 4. The Kier molecular flexibility index (Phi) is 4.33. The van der Waals surface area contributed by atoms with E-state index >= 15 is 0 Å². The number of benzene rings is 1. The Morgan fingerprint density at radius 2 is 2.04 bits per heavy atom. The summed E-state index contributed by atoms with van der Waals surface area (Å²) < 4.78 is 9.40. The summed E-state index contributed by atoms with van der Waals surface area (Å²) >= 11 is 6.14. The molecule has 0 saturated carbocycles. The molecular formula is C16H14ClN5O3. The molecule has 3 aromatic rings. The van der Waals surface area contributed by atoms with E-state index in [0.29, 0.717) is 11.3 Å². The van der Waals surface area contributed by atoms with Crippen molar-refractivity contribution in [2.24, 2.45) is 14.1 Å². The Hall–Kier alpha value is -3.05. The zero-order chi connectivity index (χ0) is 18.1. The van der Waals surface area contributed by atoms with Gasteiger partial charge in [-0.2, -0.15) is 10.2 Å². The first-order valence-electron chi connectivity index (χ1n) is 7.38. The number of fused-ring (bicyclic) bond motifs is 1. The third-order valence-corrected chi connectivity index (χ3v) is 4.14. The number of hydrogen-bond donors (Lipinski definition) is 0. The molecule has 0 aliphatic heterocycles. The van der Waals surface area contributed by atoms with Crippen molar-refractivity contribution in [1.29, 1.82) is 5.26 Å². The standard InChI is InChI=1S/C16H14ClN5O3/c1-20-13-12(14(23)21(2)16(20)24)22(15(17)19-13)6-7-25-11-5-3-4-10(8-11)9-18/h3-5,8H,6-7H2,1-2H3. The minimum atomic E-state index is -0.469. The molecule has 0 aliphatic carbocycles.